The smallest absolute Gasteiger partial charge is 0.233 e. The lowest BCUT2D eigenvalue weighted by atomic mass is 10.0. The molecule has 44 heavy (non-hydrogen) atoms. The van der Waals surface area contributed by atoms with Crippen LogP contribution in [0.2, 0.25) is 5.02 Å². The number of nitrogens with one attached hydrogen (secondary N) is 2. The minimum atomic E-state index is 0.0157. The third-order valence-electron chi connectivity index (χ3n) is 8.02. The van der Waals surface area contributed by atoms with Crippen molar-refractivity contribution in [2.24, 2.45) is 0 Å². The summed E-state index contributed by atoms with van der Waals surface area (Å²) >= 11 is 6.57. The second-order valence-electron chi connectivity index (χ2n) is 11.4. The Hall–Kier alpha value is -2.48. The summed E-state index contributed by atoms with van der Waals surface area (Å²) in [5.74, 6) is 2.33. The molecule has 0 spiro atoms. The van der Waals surface area contributed by atoms with Gasteiger partial charge < -0.3 is 44.5 Å². The second kappa shape index (κ2) is 19.1. The lowest BCUT2D eigenvalue weighted by molar-refractivity contribution is 0.00361. The fourth-order valence-electron chi connectivity index (χ4n) is 5.44. The van der Waals surface area contributed by atoms with E-state index >= 15 is 0 Å². The van der Waals surface area contributed by atoms with Crippen LogP contribution in [0.25, 0.3) is 0 Å². The number of aliphatic hydroxyl groups excluding tert-OH is 1. The highest BCUT2D eigenvalue weighted by molar-refractivity contribution is 6.32. The number of aromatic nitrogens is 3. The van der Waals surface area contributed by atoms with E-state index in [4.69, 9.17) is 50.6 Å². The van der Waals surface area contributed by atoms with Gasteiger partial charge in [0, 0.05) is 24.8 Å². The molecular weight excluding hydrogens is 586 g/mol. The molecule has 246 valence electrons. The largest absolute Gasteiger partial charge is 0.490 e. The van der Waals surface area contributed by atoms with Crippen molar-refractivity contribution < 1.29 is 24.1 Å². The van der Waals surface area contributed by atoms with Crippen molar-refractivity contribution in [2.45, 2.75) is 63.5 Å². The Kier molecular flexibility index (Phi) is 15.0. The van der Waals surface area contributed by atoms with E-state index in [9.17, 15) is 0 Å². The number of anilines is 4. The molecule has 1 saturated carbocycles. The van der Waals surface area contributed by atoms with E-state index in [0.29, 0.717) is 86.9 Å². The molecule has 0 atom stereocenters. The number of piperidine rings is 1. The molecule has 13 heteroatoms. The van der Waals surface area contributed by atoms with Gasteiger partial charge in [-0.1, -0.05) is 37.3 Å². The van der Waals surface area contributed by atoms with E-state index in [0.717, 1.165) is 44.5 Å². The molecule has 3 N–H and O–H groups in total. The van der Waals surface area contributed by atoms with Gasteiger partial charge in [0.1, 0.15) is 12.4 Å². The average Bonchev–Trinajstić information content (AvgIpc) is 3.29. The monoisotopic (exact) mass is 635 g/mol. The molecule has 0 bridgehead atoms. The van der Waals surface area contributed by atoms with E-state index < -0.39 is 0 Å². The third kappa shape index (κ3) is 11.8. The number of ether oxygens (including phenoxy) is 4. The molecular formula is C31H50ClN7O5. The number of hydrogen-bond acceptors (Lipinski definition) is 12. The lowest BCUT2D eigenvalue weighted by Gasteiger charge is -2.35. The SMILES string of the molecule is CN1CCC(N(C)c2nc(Nc3ccc(OCCOCCOCCOCCO)c(Cl)c3)nc(NC3CCCCCC3)n2)CC1. The van der Waals surface area contributed by atoms with Crippen molar-refractivity contribution in [1.82, 2.24) is 19.9 Å². The van der Waals surface area contributed by atoms with Crippen molar-refractivity contribution in [3.63, 3.8) is 0 Å². The predicted octanol–water partition coefficient (Wildman–Crippen LogP) is 4.35. The first kappa shape index (κ1) is 34.4. The fourth-order valence-corrected chi connectivity index (χ4v) is 5.67. The summed E-state index contributed by atoms with van der Waals surface area (Å²) in [5, 5.41) is 16.1. The average molecular weight is 636 g/mol. The van der Waals surface area contributed by atoms with Gasteiger partial charge in [0.25, 0.3) is 0 Å². The number of rotatable bonds is 18. The molecule has 12 nitrogen and oxygen atoms in total. The van der Waals surface area contributed by atoms with Gasteiger partial charge in [-0.2, -0.15) is 15.0 Å². The Morgan fingerprint density at radius 3 is 2.16 bits per heavy atom. The molecule has 2 aromatic rings. The van der Waals surface area contributed by atoms with Gasteiger partial charge in [-0.15, -0.1) is 0 Å². The molecule has 0 amide bonds. The molecule has 0 unspecified atom stereocenters. The Labute approximate surface area is 266 Å². The van der Waals surface area contributed by atoms with Crippen LogP contribution in [-0.4, -0.2) is 117 Å². The first-order valence-corrected chi connectivity index (χ1v) is 16.4. The van der Waals surface area contributed by atoms with Gasteiger partial charge in [-0.3, -0.25) is 0 Å². The van der Waals surface area contributed by atoms with Crippen molar-refractivity contribution in [1.29, 1.82) is 0 Å². The van der Waals surface area contributed by atoms with E-state index in [1.807, 2.05) is 18.2 Å². The molecule has 1 aromatic heterocycles. The first-order chi connectivity index (χ1) is 21.5. The summed E-state index contributed by atoms with van der Waals surface area (Å²) in [6.45, 7) is 5.09. The molecule has 2 heterocycles. The quantitative estimate of drug-likeness (QED) is 0.159. The zero-order chi connectivity index (χ0) is 31.0. The highest BCUT2D eigenvalue weighted by Crippen LogP contribution is 2.30. The Bertz CT molecular complexity index is 1100. The number of hydrogen-bond donors (Lipinski definition) is 3. The van der Waals surface area contributed by atoms with E-state index in [2.05, 4.69) is 34.5 Å². The van der Waals surface area contributed by atoms with E-state index in [1.165, 1.54) is 25.7 Å². The van der Waals surface area contributed by atoms with Crippen LogP contribution in [0, 0.1) is 0 Å². The van der Waals surface area contributed by atoms with E-state index in [-0.39, 0.29) is 6.61 Å². The van der Waals surface area contributed by atoms with Crippen molar-refractivity contribution in [2.75, 3.05) is 95.6 Å². The van der Waals surface area contributed by atoms with Crippen molar-refractivity contribution in [3.8, 4) is 5.75 Å². The summed E-state index contributed by atoms with van der Waals surface area (Å²) in [6, 6.07) is 6.29. The van der Waals surface area contributed by atoms with Crippen LogP contribution in [0.15, 0.2) is 18.2 Å². The summed E-state index contributed by atoms with van der Waals surface area (Å²) in [7, 11) is 4.25. The maximum atomic E-state index is 8.67. The summed E-state index contributed by atoms with van der Waals surface area (Å²) in [5.41, 5.74) is 0.762. The molecule has 1 saturated heterocycles. The van der Waals surface area contributed by atoms with E-state index in [1.54, 1.807) is 0 Å². The number of aliphatic hydroxyl groups is 1. The Balaban J connectivity index is 1.32. The van der Waals surface area contributed by atoms with Gasteiger partial charge in [-0.25, -0.2) is 0 Å². The Morgan fingerprint density at radius 2 is 1.50 bits per heavy atom. The topological polar surface area (TPSA) is 126 Å². The second-order valence-corrected chi connectivity index (χ2v) is 11.8. The maximum absolute atomic E-state index is 8.67. The van der Waals surface area contributed by atoms with Crippen LogP contribution in [-0.2, 0) is 14.2 Å². The first-order valence-electron chi connectivity index (χ1n) is 16.0. The zero-order valence-electron chi connectivity index (χ0n) is 26.3. The highest BCUT2D eigenvalue weighted by atomic mass is 35.5. The lowest BCUT2D eigenvalue weighted by Crippen LogP contribution is -2.42. The Morgan fingerprint density at radius 1 is 0.864 bits per heavy atom. The minimum Gasteiger partial charge on any atom is -0.490 e. The molecule has 1 aromatic carbocycles. The normalized spacial score (nSPS) is 16.9. The van der Waals surface area contributed by atoms with Gasteiger partial charge in [0.05, 0.1) is 51.3 Å². The van der Waals surface area contributed by atoms with Crippen LogP contribution >= 0.6 is 11.6 Å². The van der Waals surface area contributed by atoms with Gasteiger partial charge in [-0.05, 0) is 64.0 Å². The number of nitrogens with zero attached hydrogens (tertiary/aromatic N) is 5. The third-order valence-corrected chi connectivity index (χ3v) is 8.31. The summed E-state index contributed by atoms with van der Waals surface area (Å²) < 4.78 is 21.9. The minimum absolute atomic E-state index is 0.0157. The van der Waals surface area contributed by atoms with Crippen LogP contribution in [0.5, 0.6) is 5.75 Å². The standard InChI is InChI=1S/C31H50ClN7O5/c1-38-13-11-26(12-14-38)39(2)31-36-29(33-24-7-5-3-4-6-8-24)35-30(37-31)34-25-9-10-28(27(32)23-25)44-22-21-43-20-19-42-18-17-41-16-15-40/h9-10,23-24,26,40H,3-8,11-22H2,1-2H3,(H2,33,34,35,36,37). The number of benzene rings is 1. The highest BCUT2D eigenvalue weighted by Gasteiger charge is 2.24. The van der Waals surface area contributed by atoms with Crippen LogP contribution < -0.4 is 20.3 Å². The fraction of sp³-hybridized carbons (Fsp3) is 0.710. The van der Waals surface area contributed by atoms with Crippen LogP contribution in [0.3, 0.4) is 0 Å². The molecule has 1 aliphatic heterocycles. The van der Waals surface area contributed by atoms with Gasteiger partial charge >= 0.3 is 0 Å². The molecule has 2 fully saturated rings. The summed E-state index contributed by atoms with van der Waals surface area (Å²) in [6.07, 6.45) is 9.45. The predicted molar refractivity (Wildman–Crippen MR) is 174 cm³/mol. The zero-order valence-corrected chi connectivity index (χ0v) is 27.1. The van der Waals surface area contributed by atoms with Crippen molar-refractivity contribution in [3.05, 3.63) is 23.2 Å². The van der Waals surface area contributed by atoms with Crippen LogP contribution in [0.4, 0.5) is 23.5 Å². The molecule has 1 aliphatic carbocycles. The van der Waals surface area contributed by atoms with Crippen molar-refractivity contribution >= 4 is 35.1 Å². The number of halogens is 1. The molecule has 2 aliphatic rings. The van der Waals surface area contributed by atoms with Crippen LogP contribution in [0.1, 0.15) is 51.4 Å². The van der Waals surface area contributed by atoms with Gasteiger partial charge in [0.15, 0.2) is 0 Å². The number of likely N-dealkylation sites (tertiary alicyclic amines) is 1. The molecule has 4 rings (SSSR count). The summed E-state index contributed by atoms with van der Waals surface area (Å²) in [4.78, 5) is 19.0. The van der Waals surface area contributed by atoms with Gasteiger partial charge in [0.2, 0.25) is 17.8 Å². The maximum Gasteiger partial charge on any atom is 0.233 e. The molecule has 0 radical (unpaired) electrons.